The Kier molecular flexibility index (Phi) is 9.24. The van der Waals surface area contributed by atoms with E-state index in [1.807, 2.05) is 0 Å². The second kappa shape index (κ2) is 9.27. The molecule has 2 nitrogen and oxygen atoms in total. The third-order valence-electron chi connectivity index (χ3n) is 4.45. The highest BCUT2D eigenvalue weighted by Crippen LogP contribution is 2.30. The lowest BCUT2D eigenvalue weighted by atomic mass is 9.86. The number of ether oxygens (including phenoxy) is 2. The lowest BCUT2D eigenvalue weighted by Gasteiger charge is -2.38. The lowest BCUT2D eigenvalue weighted by Crippen LogP contribution is -2.40. The van der Waals surface area contributed by atoms with Crippen molar-refractivity contribution in [3.05, 3.63) is 0 Å². The van der Waals surface area contributed by atoms with Crippen LogP contribution in [-0.4, -0.2) is 24.4 Å². The van der Waals surface area contributed by atoms with Gasteiger partial charge in [-0.15, -0.1) is 0 Å². The van der Waals surface area contributed by atoms with Gasteiger partial charge in [-0.05, 0) is 37.5 Å². The van der Waals surface area contributed by atoms with Crippen LogP contribution in [0.15, 0.2) is 0 Å². The molecule has 0 aliphatic heterocycles. The van der Waals surface area contributed by atoms with Gasteiger partial charge in [-0.1, -0.05) is 68.2 Å². The second-order valence-electron chi connectivity index (χ2n) is 8.97. The Labute approximate surface area is 140 Å². The van der Waals surface area contributed by atoms with Crippen molar-refractivity contribution in [3.8, 4) is 0 Å². The maximum Gasteiger partial charge on any atom is 0.0810 e. The molecule has 0 amide bonds. The fraction of sp³-hybridized carbons (Fsp3) is 1.00. The molecular weight excluding hydrogens is 272 g/mol. The van der Waals surface area contributed by atoms with E-state index in [1.54, 1.807) is 0 Å². The van der Waals surface area contributed by atoms with E-state index < -0.39 is 0 Å². The molecule has 0 rings (SSSR count). The molecule has 4 atom stereocenters. The standard InChI is InChI=1S/C20H42O2/c1-11-13-17(19(5,6)7)21-15(3)16(4)22-18(14-12-2)20(8,9)10/h15-18H,11-14H2,1-10H3. The van der Waals surface area contributed by atoms with Crippen LogP contribution in [-0.2, 0) is 9.47 Å². The van der Waals surface area contributed by atoms with Gasteiger partial charge in [0.2, 0.25) is 0 Å². The fourth-order valence-electron chi connectivity index (χ4n) is 2.67. The molecule has 134 valence electrons. The lowest BCUT2D eigenvalue weighted by molar-refractivity contribution is -0.151. The number of hydrogen-bond donors (Lipinski definition) is 0. The maximum atomic E-state index is 6.38. The van der Waals surface area contributed by atoms with Crippen molar-refractivity contribution in [2.45, 2.75) is 119 Å². The molecule has 0 radical (unpaired) electrons. The van der Waals surface area contributed by atoms with E-state index in [2.05, 4.69) is 69.2 Å². The van der Waals surface area contributed by atoms with Crippen LogP contribution in [0.25, 0.3) is 0 Å². The molecule has 0 N–H and O–H groups in total. The monoisotopic (exact) mass is 314 g/mol. The third kappa shape index (κ3) is 7.97. The minimum Gasteiger partial charge on any atom is -0.372 e. The summed E-state index contributed by atoms with van der Waals surface area (Å²) in [5.41, 5.74) is 0.355. The molecule has 0 aromatic rings. The summed E-state index contributed by atoms with van der Waals surface area (Å²) in [6.45, 7) is 22.4. The van der Waals surface area contributed by atoms with Crippen molar-refractivity contribution >= 4 is 0 Å². The van der Waals surface area contributed by atoms with Gasteiger partial charge in [-0.3, -0.25) is 0 Å². The molecule has 22 heavy (non-hydrogen) atoms. The van der Waals surface area contributed by atoms with E-state index in [9.17, 15) is 0 Å². The first-order chi connectivity index (χ1) is 9.93. The highest BCUT2D eigenvalue weighted by atomic mass is 16.6. The SMILES string of the molecule is CCCC(OC(C)C(C)OC(CCC)C(C)(C)C)C(C)(C)C. The molecule has 0 aliphatic carbocycles. The quantitative estimate of drug-likeness (QED) is 0.502. The second-order valence-corrected chi connectivity index (χ2v) is 8.97. The molecule has 0 saturated heterocycles. The van der Waals surface area contributed by atoms with Gasteiger partial charge in [0, 0.05) is 0 Å². The molecule has 0 heterocycles. The zero-order chi connectivity index (χ0) is 17.6. The molecule has 0 saturated carbocycles. The van der Waals surface area contributed by atoms with Crippen molar-refractivity contribution < 1.29 is 9.47 Å². The summed E-state index contributed by atoms with van der Waals surface area (Å²) in [6.07, 6.45) is 5.36. The highest BCUT2D eigenvalue weighted by Gasteiger charge is 2.31. The minimum atomic E-state index is 0.123. The smallest absolute Gasteiger partial charge is 0.0810 e. The molecule has 2 heteroatoms. The van der Waals surface area contributed by atoms with Crippen LogP contribution < -0.4 is 0 Å². The van der Waals surface area contributed by atoms with Gasteiger partial charge in [0.1, 0.15) is 0 Å². The van der Waals surface area contributed by atoms with Gasteiger partial charge < -0.3 is 9.47 Å². The first kappa shape index (κ1) is 21.9. The average molecular weight is 315 g/mol. The Balaban J connectivity index is 4.72. The van der Waals surface area contributed by atoms with E-state index in [1.165, 1.54) is 0 Å². The Bertz CT molecular complexity index is 255. The molecule has 0 aliphatic rings. The summed E-state index contributed by atoms with van der Waals surface area (Å²) < 4.78 is 12.8. The first-order valence-corrected chi connectivity index (χ1v) is 9.24. The van der Waals surface area contributed by atoms with Crippen molar-refractivity contribution in [1.82, 2.24) is 0 Å². The van der Waals surface area contributed by atoms with E-state index in [-0.39, 0.29) is 35.2 Å². The van der Waals surface area contributed by atoms with E-state index >= 15 is 0 Å². The van der Waals surface area contributed by atoms with Crippen molar-refractivity contribution in [2.75, 3.05) is 0 Å². The van der Waals surface area contributed by atoms with Crippen molar-refractivity contribution in [3.63, 3.8) is 0 Å². The summed E-state index contributed by atoms with van der Waals surface area (Å²) in [7, 11) is 0. The molecule has 0 aromatic carbocycles. The van der Waals surface area contributed by atoms with Crippen LogP contribution in [0.1, 0.15) is 94.9 Å². The van der Waals surface area contributed by atoms with Crippen LogP contribution in [0.3, 0.4) is 0 Å². The first-order valence-electron chi connectivity index (χ1n) is 9.24. The molecule has 0 bridgehead atoms. The summed E-state index contributed by atoms with van der Waals surface area (Å²) in [5.74, 6) is 0. The summed E-state index contributed by atoms with van der Waals surface area (Å²) in [6, 6.07) is 0. The van der Waals surface area contributed by atoms with Crippen LogP contribution in [0.5, 0.6) is 0 Å². The number of rotatable bonds is 9. The largest absolute Gasteiger partial charge is 0.372 e. The zero-order valence-corrected chi connectivity index (χ0v) is 17.0. The Morgan fingerprint density at radius 2 is 0.909 bits per heavy atom. The normalized spacial score (nSPS) is 18.8. The summed E-state index contributed by atoms with van der Waals surface area (Å²) in [5, 5.41) is 0. The van der Waals surface area contributed by atoms with E-state index in [4.69, 9.17) is 9.47 Å². The van der Waals surface area contributed by atoms with Crippen LogP contribution in [0.2, 0.25) is 0 Å². The number of hydrogen-bond acceptors (Lipinski definition) is 2. The summed E-state index contributed by atoms with van der Waals surface area (Å²) in [4.78, 5) is 0. The van der Waals surface area contributed by atoms with Crippen molar-refractivity contribution in [2.24, 2.45) is 10.8 Å². The fourth-order valence-corrected chi connectivity index (χ4v) is 2.67. The zero-order valence-electron chi connectivity index (χ0n) is 17.0. The third-order valence-corrected chi connectivity index (χ3v) is 4.45. The Morgan fingerprint density at radius 1 is 0.636 bits per heavy atom. The minimum absolute atomic E-state index is 0.123. The maximum absolute atomic E-state index is 6.38. The highest BCUT2D eigenvalue weighted by molar-refractivity contribution is 4.79. The summed E-state index contributed by atoms with van der Waals surface area (Å²) >= 11 is 0. The van der Waals surface area contributed by atoms with Gasteiger partial charge in [-0.2, -0.15) is 0 Å². The predicted molar refractivity (Wildman–Crippen MR) is 97.4 cm³/mol. The van der Waals surface area contributed by atoms with Crippen LogP contribution >= 0.6 is 0 Å². The molecule has 0 aromatic heterocycles. The topological polar surface area (TPSA) is 18.5 Å². The Hall–Kier alpha value is -0.0800. The molecular formula is C20H42O2. The van der Waals surface area contributed by atoms with Crippen LogP contribution in [0.4, 0.5) is 0 Å². The van der Waals surface area contributed by atoms with Crippen LogP contribution in [0, 0.1) is 10.8 Å². The van der Waals surface area contributed by atoms with Gasteiger partial charge in [-0.25, -0.2) is 0 Å². The average Bonchev–Trinajstić information content (AvgIpc) is 2.35. The van der Waals surface area contributed by atoms with Gasteiger partial charge in [0.15, 0.2) is 0 Å². The van der Waals surface area contributed by atoms with Crippen molar-refractivity contribution in [1.29, 1.82) is 0 Å². The molecule has 4 unspecified atom stereocenters. The van der Waals surface area contributed by atoms with E-state index in [0.29, 0.717) is 0 Å². The van der Waals surface area contributed by atoms with Gasteiger partial charge in [0.25, 0.3) is 0 Å². The van der Waals surface area contributed by atoms with E-state index in [0.717, 1.165) is 25.7 Å². The van der Waals surface area contributed by atoms with Gasteiger partial charge in [0.05, 0.1) is 24.4 Å². The molecule has 0 spiro atoms. The predicted octanol–water partition coefficient (Wildman–Crippen LogP) is 6.23. The van der Waals surface area contributed by atoms with Gasteiger partial charge >= 0.3 is 0 Å². The Morgan fingerprint density at radius 3 is 1.09 bits per heavy atom. The molecule has 0 fully saturated rings.